The number of aryl methyl sites for hydroxylation is 1. The highest BCUT2D eigenvalue weighted by molar-refractivity contribution is 5.99. The van der Waals surface area contributed by atoms with E-state index in [0.29, 0.717) is 12.0 Å². The fourth-order valence-corrected chi connectivity index (χ4v) is 2.32. The molecule has 0 aliphatic carbocycles. The predicted octanol–water partition coefficient (Wildman–Crippen LogP) is 3.62. The van der Waals surface area contributed by atoms with E-state index in [9.17, 15) is 4.79 Å². The Morgan fingerprint density at radius 3 is 2.29 bits per heavy atom. The van der Waals surface area contributed by atoms with Gasteiger partial charge in [0.1, 0.15) is 0 Å². The van der Waals surface area contributed by atoms with Gasteiger partial charge >= 0.3 is 0 Å². The highest BCUT2D eigenvalue weighted by Crippen LogP contribution is 2.14. The van der Waals surface area contributed by atoms with Crippen LogP contribution in [0.5, 0.6) is 0 Å². The average Bonchev–Trinajstić information content (AvgIpc) is 2.55. The van der Waals surface area contributed by atoms with Crippen LogP contribution in [-0.4, -0.2) is 15.8 Å². The van der Waals surface area contributed by atoms with E-state index < -0.39 is 0 Å². The van der Waals surface area contributed by atoms with Gasteiger partial charge < -0.3 is 0 Å². The quantitative estimate of drug-likeness (QED) is 0.683. The molecule has 3 heteroatoms. The smallest absolute Gasteiger partial charge is 0.167 e. The molecule has 0 aliphatic heterocycles. The maximum atomic E-state index is 12.4. The van der Waals surface area contributed by atoms with Gasteiger partial charge in [-0.2, -0.15) is 0 Å². The number of carbonyl (C=O) groups is 1. The van der Waals surface area contributed by atoms with Crippen molar-refractivity contribution in [2.24, 2.45) is 0 Å². The molecule has 3 aromatic rings. The van der Waals surface area contributed by atoms with Gasteiger partial charge in [-0.15, -0.1) is 0 Å². The first kappa shape index (κ1) is 13.4. The molecular formula is C18H16N2O. The lowest BCUT2D eigenvalue weighted by Crippen LogP contribution is -2.04. The van der Waals surface area contributed by atoms with Crippen LogP contribution >= 0.6 is 0 Å². The molecule has 104 valence electrons. The topological polar surface area (TPSA) is 42.9 Å². The van der Waals surface area contributed by atoms with Crippen LogP contribution in [0.15, 0.2) is 54.9 Å². The third-order valence-electron chi connectivity index (χ3n) is 3.59. The van der Waals surface area contributed by atoms with Gasteiger partial charge in [0.15, 0.2) is 5.78 Å². The van der Waals surface area contributed by atoms with E-state index in [1.54, 1.807) is 12.4 Å². The summed E-state index contributed by atoms with van der Waals surface area (Å²) in [6, 6.07) is 13.7. The molecule has 2 aromatic carbocycles. The van der Waals surface area contributed by atoms with Gasteiger partial charge in [-0.25, -0.2) is 0 Å². The molecule has 1 aromatic heterocycles. The lowest BCUT2D eigenvalue weighted by molar-refractivity contribution is 0.0993. The minimum atomic E-state index is 0.104. The standard InChI is InChI=1S/C18H16N2O/c1-2-13-3-5-14(6-4-13)11-18(21)15-7-8-16-17(12-15)20-10-9-19-16/h3-10,12H,2,11H2,1H3. The van der Waals surface area contributed by atoms with Crippen LogP contribution < -0.4 is 0 Å². The molecule has 0 radical (unpaired) electrons. The molecule has 0 saturated heterocycles. The Morgan fingerprint density at radius 2 is 1.57 bits per heavy atom. The molecular weight excluding hydrogens is 260 g/mol. The van der Waals surface area contributed by atoms with Gasteiger partial charge in [-0.05, 0) is 35.7 Å². The molecule has 0 unspecified atom stereocenters. The molecule has 1 heterocycles. The number of ketones is 1. The van der Waals surface area contributed by atoms with Crippen molar-refractivity contribution in [3.05, 3.63) is 71.5 Å². The zero-order valence-corrected chi connectivity index (χ0v) is 11.9. The highest BCUT2D eigenvalue weighted by atomic mass is 16.1. The maximum Gasteiger partial charge on any atom is 0.167 e. The number of Topliss-reactive ketones (excluding diaryl/α,β-unsaturated/α-hetero) is 1. The summed E-state index contributed by atoms with van der Waals surface area (Å²) >= 11 is 0. The van der Waals surface area contributed by atoms with Gasteiger partial charge in [-0.3, -0.25) is 14.8 Å². The third-order valence-corrected chi connectivity index (χ3v) is 3.59. The summed E-state index contributed by atoms with van der Waals surface area (Å²) in [5.74, 6) is 0.104. The molecule has 0 spiro atoms. The van der Waals surface area contributed by atoms with Crippen LogP contribution in [0.25, 0.3) is 11.0 Å². The van der Waals surface area contributed by atoms with Crippen molar-refractivity contribution in [2.45, 2.75) is 19.8 Å². The number of aromatic nitrogens is 2. The van der Waals surface area contributed by atoms with Crippen molar-refractivity contribution in [2.75, 3.05) is 0 Å². The number of nitrogens with zero attached hydrogens (tertiary/aromatic N) is 2. The molecule has 21 heavy (non-hydrogen) atoms. The molecule has 0 fully saturated rings. The number of carbonyl (C=O) groups excluding carboxylic acids is 1. The fourth-order valence-electron chi connectivity index (χ4n) is 2.32. The van der Waals surface area contributed by atoms with Crippen molar-refractivity contribution >= 4 is 16.8 Å². The summed E-state index contributed by atoms with van der Waals surface area (Å²) < 4.78 is 0. The first-order valence-corrected chi connectivity index (χ1v) is 7.08. The van der Waals surface area contributed by atoms with Crippen LogP contribution in [0.4, 0.5) is 0 Å². The van der Waals surface area contributed by atoms with Gasteiger partial charge in [0.05, 0.1) is 11.0 Å². The number of fused-ring (bicyclic) bond motifs is 1. The van der Waals surface area contributed by atoms with Crippen molar-refractivity contribution in [3.8, 4) is 0 Å². The van der Waals surface area contributed by atoms with E-state index in [-0.39, 0.29) is 5.78 Å². The molecule has 0 saturated carbocycles. The van der Waals surface area contributed by atoms with Gasteiger partial charge in [0.25, 0.3) is 0 Å². The Hall–Kier alpha value is -2.55. The normalized spacial score (nSPS) is 10.7. The van der Waals surface area contributed by atoms with Crippen molar-refractivity contribution in [3.63, 3.8) is 0 Å². The maximum absolute atomic E-state index is 12.4. The van der Waals surface area contributed by atoms with Crippen molar-refractivity contribution < 1.29 is 4.79 Å². The number of hydrogen-bond acceptors (Lipinski definition) is 3. The molecule has 0 amide bonds. The average molecular weight is 276 g/mol. The lowest BCUT2D eigenvalue weighted by atomic mass is 10.0. The van der Waals surface area contributed by atoms with Crippen LogP contribution in [0, 0.1) is 0 Å². The lowest BCUT2D eigenvalue weighted by Gasteiger charge is -2.04. The number of benzene rings is 2. The summed E-state index contributed by atoms with van der Waals surface area (Å²) in [6.45, 7) is 2.12. The largest absolute Gasteiger partial charge is 0.294 e. The molecule has 0 N–H and O–H groups in total. The summed E-state index contributed by atoms with van der Waals surface area (Å²) in [4.78, 5) is 20.8. The zero-order chi connectivity index (χ0) is 14.7. The fraction of sp³-hybridized carbons (Fsp3) is 0.167. The summed E-state index contributed by atoms with van der Waals surface area (Å²) in [5.41, 5.74) is 4.57. The van der Waals surface area contributed by atoms with Crippen molar-refractivity contribution in [1.29, 1.82) is 0 Å². The highest BCUT2D eigenvalue weighted by Gasteiger charge is 2.08. The predicted molar refractivity (Wildman–Crippen MR) is 83.4 cm³/mol. The molecule has 3 rings (SSSR count). The molecule has 0 bridgehead atoms. The third kappa shape index (κ3) is 2.97. The second-order valence-electron chi connectivity index (χ2n) is 5.03. The summed E-state index contributed by atoms with van der Waals surface area (Å²) in [7, 11) is 0. The minimum absolute atomic E-state index is 0.104. The Morgan fingerprint density at radius 1 is 0.905 bits per heavy atom. The summed E-state index contributed by atoms with van der Waals surface area (Å²) in [5, 5.41) is 0. The van der Waals surface area contributed by atoms with E-state index in [0.717, 1.165) is 23.0 Å². The van der Waals surface area contributed by atoms with E-state index >= 15 is 0 Å². The van der Waals surface area contributed by atoms with Gasteiger partial charge in [0.2, 0.25) is 0 Å². The van der Waals surface area contributed by atoms with E-state index in [1.165, 1.54) is 5.56 Å². The van der Waals surface area contributed by atoms with Crippen LogP contribution in [0.2, 0.25) is 0 Å². The van der Waals surface area contributed by atoms with Crippen LogP contribution in [0.1, 0.15) is 28.4 Å². The Labute approximate surface area is 123 Å². The molecule has 3 nitrogen and oxygen atoms in total. The first-order chi connectivity index (χ1) is 10.3. The molecule has 0 atom stereocenters. The van der Waals surface area contributed by atoms with Gasteiger partial charge in [0, 0.05) is 24.4 Å². The minimum Gasteiger partial charge on any atom is -0.294 e. The van der Waals surface area contributed by atoms with E-state index in [1.807, 2.05) is 30.3 Å². The van der Waals surface area contributed by atoms with E-state index in [2.05, 4.69) is 29.0 Å². The molecule has 0 aliphatic rings. The Kier molecular flexibility index (Phi) is 3.73. The van der Waals surface area contributed by atoms with Gasteiger partial charge in [-0.1, -0.05) is 31.2 Å². The second kappa shape index (κ2) is 5.83. The Bertz CT molecular complexity index is 779. The van der Waals surface area contributed by atoms with E-state index in [4.69, 9.17) is 0 Å². The van der Waals surface area contributed by atoms with Crippen molar-refractivity contribution in [1.82, 2.24) is 9.97 Å². The van der Waals surface area contributed by atoms with Crippen LogP contribution in [-0.2, 0) is 12.8 Å². The summed E-state index contributed by atoms with van der Waals surface area (Å²) in [6.07, 6.45) is 4.71. The van der Waals surface area contributed by atoms with Crippen LogP contribution in [0.3, 0.4) is 0 Å². The Balaban J connectivity index is 1.82. The SMILES string of the molecule is CCc1ccc(CC(=O)c2ccc3nccnc3c2)cc1. The zero-order valence-electron chi connectivity index (χ0n) is 11.9. The number of hydrogen-bond donors (Lipinski definition) is 0. The second-order valence-corrected chi connectivity index (χ2v) is 5.03. The first-order valence-electron chi connectivity index (χ1n) is 7.08. The number of rotatable bonds is 4. The monoisotopic (exact) mass is 276 g/mol.